The summed E-state index contributed by atoms with van der Waals surface area (Å²) < 4.78 is 5.82. The number of carbonyl (C=O) groups is 2. The monoisotopic (exact) mass is 403 g/mol. The number of aliphatic imine (C=N–C) groups is 1. The molecule has 1 unspecified atom stereocenters. The van der Waals surface area contributed by atoms with Crippen LogP contribution in [0.3, 0.4) is 0 Å². The smallest absolute Gasteiger partial charge is 0.231 e. The SMILES string of the molecule is CN1C(=O)CC(C)(c2cccc(CC(=O)c3ccc(Br)o3)c2)N=C1N. The third-order valence-corrected chi connectivity index (χ3v) is 4.76. The van der Waals surface area contributed by atoms with Crippen molar-refractivity contribution in [1.29, 1.82) is 0 Å². The van der Waals surface area contributed by atoms with Crippen molar-refractivity contribution in [2.45, 2.75) is 25.3 Å². The molecule has 0 spiro atoms. The number of Topliss-reactive ketones (excluding diaryl/α,β-unsaturated/α-hetero) is 1. The van der Waals surface area contributed by atoms with Gasteiger partial charge in [-0.25, -0.2) is 4.99 Å². The number of guanidine groups is 1. The van der Waals surface area contributed by atoms with Crippen molar-refractivity contribution in [2.24, 2.45) is 10.7 Å². The van der Waals surface area contributed by atoms with Crippen LogP contribution < -0.4 is 5.73 Å². The Hall–Kier alpha value is -2.41. The molecular formula is C18H18BrN3O3. The molecule has 0 aliphatic carbocycles. The van der Waals surface area contributed by atoms with Crippen molar-refractivity contribution in [3.63, 3.8) is 0 Å². The number of hydrogen-bond donors (Lipinski definition) is 1. The number of benzene rings is 1. The summed E-state index contributed by atoms with van der Waals surface area (Å²) in [5.74, 6) is 0.299. The molecule has 0 saturated carbocycles. The van der Waals surface area contributed by atoms with Gasteiger partial charge < -0.3 is 10.2 Å². The molecule has 3 rings (SSSR count). The van der Waals surface area contributed by atoms with E-state index < -0.39 is 5.54 Å². The van der Waals surface area contributed by atoms with E-state index >= 15 is 0 Å². The van der Waals surface area contributed by atoms with E-state index in [1.54, 1.807) is 19.2 Å². The number of rotatable bonds is 4. The molecule has 1 aliphatic rings. The first-order chi connectivity index (χ1) is 11.8. The van der Waals surface area contributed by atoms with Gasteiger partial charge >= 0.3 is 0 Å². The Bertz CT molecular complexity index is 874. The molecule has 130 valence electrons. The first-order valence-corrected chi connectivity index (χ1v) is 8.58. The van der Waals surface area contributed by atoms with Crippen LogP contribution >= 0.6 is 15.9 Å². The summed E-state index contributed by atoms with van der Waals surface area (Å²) in [4.78, 5) is 30.3. The van der Waals surface area contributed by atoms with Gasteiger partial charge in [0.25, 0.3) is 0 Å². The summed E-state index contributed by atoms with van der Waals surface area (Å²) in [6.07, 6.45) is 0.434. The van der Waals surface area contributed by atoms with E-state index in [9.17, 15) is 9.59 Å². The summed E-state index contributed by atoms with van der Waals surface area (Å²) in [6.45, 7) is 1.87. The second-order valence-electron chi connectivity index (χ2n) is 6.28. The third kappa shape index (κ3) is 3.51. The lowest BCUT2D eigenvalue weighted by atomic mass is 9.86. The number of halogens is 1. The minimum absolute atomic E-state index is 0.0862. The number of amides is 1. The van der Waals surface area contributed by atoms with E-state index in [4.69, 9.17) is 10.2 Å². The van der Waals surface area contributed by atoms with Crippen LogP contribution in [-0.4, -0.2) is 29.6 Å². The zero-order valence-electron chi connectivity index (χ0n) is 14.0. The van der Waals surface area contributed by atoms with E-state index in [1.165, 1.54) is 4.90 Å². The van der Waals surface area contributed by atoms with Crippen molar-refractivity contribution in [1.82, 2.24) is 4.90 Å². The summed E-state index contributed by atoms with van der Waals surface area (Å²) in [5, 5.41) is 0. The van der Waals surface area contributed by atoms with Crippen LogP contribution in [0.4, 0.5) is 0 Å². The third-order valence-electron chi connectivity index (χ3n) is 4.34. The maximum atomic E-state index is 12.3. The van der Waals surface area contributed by atoms with E-state index in [0.717, 1.165) is 11.1 Å². The zero-order valence-corrected chi connectivity index (χ0v) is 15.5. The average molecular weight is 404 g/mol. The molecule has 1 aromatic carbocycles. The minimum Gasteiger partial charge on any atom is -0.446 e. The molecule has 0 radical (unpaired) electrons. The summed E-state index contributed by atoms with van der Waals surface area (Å²) in [7, 11) is 1.61. The molecule has 2 heterocycles. The van der Waals surface area contributed by atoms with Gasteiger partial charge in [-0.3, -0.25) is 14.5 Å². The lowest BCUT2D eigenvalue weighted by molar-refractivity contribution is -0.128. The standard InChI is InChI=1S/C18H18BrN3O3/c1-18(10-16(24)22(2)17(20)21-18)12-5-3-4-11(8-12)9-13(23)14-6-7-15(19)25-14/h3-8H,9-10H2,1-2H3,(H2,20,21). The molecule has 1 atom stereocenters. The van der Waals surface area contributed by atoms with Crippen LogP contribution in [0.25, 0.3) is 0 Å². The van der Waals surface area contributed by atoms with Crippen molar-refractivity contribution >= 4 is 33.6 Å². The van der Waals surface area contributed by atoms with Crippen LogP contribution in [0.1, 0.15) is 35.0 Å². The second kappa shape index (κ2) is 6.48. The molecule has 1 amide bonds. The Balaban J connectivity index is 1.87. The maximum Gasteiger partial charge on any atom is 0.231 e. The molecule has 0 bridgehead atoms. The van der Waals surface area contributed by atoms with Gasteiger partial charge in [-0.1, -0.05) is 24.3 Å². The molecule has 2 aromatic rings. The van der Waals surface area contributed by atoms with Crippen LogP contribution in [0.2, 0.25) is 0 Å². The molecule has 25 heavy (non-hydrogen) atoms. The predicted octanol–water partition coefficient (Wildman–Crippen LogP) is 2.86. The summed E-state index contributed by atoms with van der Waals surface area (Å²) in [6, 6.07) is 10.8. The van der Waals surface area contributed by atoms with Crippen LogP contribution in [0.5, 0.6) is 0 Å². The van der Waals surface area contributed by atoms with Crippen molar-refractivity contribution < 1.29 is 14.0 Å². The fourth-order valence-corrected chi connectivity index (χ4v) is 3.13. The average Bonchev–Trinajstić information content (AvgIpc) is 2.99. The van der Waals surface area contributed by atoms with Gasteiger partial charge in [-0.15, -0.1) is 0 Å². The zero-order chi connectivity index (χ0) is 18.2. The van der Waals surface area contributed by atoms with Gasteiger partial charge in [-0.05, 0) is 46.1 Å². The highest BCUT2D eigenvalue weighted by atomic mass is 79.9. The molecule has 2 N–H and O–H groups in total. The van der Waals surface area contributed by atoms with Crippen molar-refractivity contribution in [2.75, 3.05) is 7.05 Å². The Morgan fingerprint density at radius 3 is 2.80 bits per heavy atom. The maximum absolute atomic E-state index is 12.3. The van der Waals surface area contributed by atoms with Gasteiger partial charge in [0.05, 0.1) is 12.0 Å². The fraction of sp³-hybridized carbons (Fsp3) is 0.278. The van der Waals surface area contributed by atoms with Crippen LogP contribution in [-0.2, 0) is 16.8 Å². The quantitative estimate of drug-likeness (QED) is 0.794. The molecule has 0 fully saturated rings. The molecule has 1 aromatic heterocycles. The van der Waals surface area contributed by atoms with Gasteiger partial charge in [0, 0.05) is 13.5 Å². The van der Waals surface area contributed by atoms with Crippen LogP contribution in [0.15, 0.2) is 50.5 Å². The van der Waals surface area contributed by atoms with E-state index in [2.05, 4.69) is 20.9 Å². The minimum atomic E-state index is -0.736. The second-order valence-corrected chi connectivity index (χ2v) is 7.06. The van der Waals surface area contributed by atoms with E-state index in [0.29, 0.717) is 10.4 Å². The first kappa shape index (κ1) is 17.4. The Kier molecular flexibility index (Phi) is 4.51. The van der Waals surface area contributed by atoms with Crippen LogP contribution in [0, 0.1) is 0 Å². The lowest BCUT2D eigenvalue weighted by Gasteiger charge is -2.33. The van der Waals surface area contributed by atoms with Gasteiger partial charge in [0.1, 0.15) is 0 Å². The largest absolute Gasteiger partial charge is 0.446 e. The van der Waals surface area contributed by atoms with Crippen molar-refractivity contribution in [3.8, 4) is 0 Å². The van der Waals surface area contributed by atoms with E-state index in [-0.39, 0.29) is 30.5 Å². The highest BCUT2D eigenvalue weighted by Gasteiger charge is 2.36. The number of nitrogens with zero attached hydrogens (tertiary/aromatic N) is 2. The Labute approximate surface area is 153 Å². The Morgan fingerprint density at radius 2 is 2.16 bits per heavy atom. The highest BCUT2D eigenvalue weighted by molar-refractivity contribution is 9.10. The molecular weight excluding hydrogens is 386 g/mol. The van der Waals surface area contributed by atoms with Gasteiger partial charge in [0.15, 0.2) is 16.4 Å². The molecule has 0 saturated heterocycles. The number of nitrogens with two attached hydrogens (primary N) is 1. The fourth-order valence-electron chi connectivity index (χ4n) is 2.83. The predicted molar refractivity (Wildman–Crippen MR) is 97.2 cm³/mol. The first-order valence-electron chi connectivity index (χ1n) is 7.78. The topological polar surface area (TPSA) is 88.9 Å². The van der Waals surface area contributed by atoms with Gasteiger partial charge in [0.2, 0.25) is 11.7 Å². The number of ketones is 1. The lowest BCUT2D eigenvalue weighted by Crippen LogP contribution is -2.47. The van der Waals surface area contributed by atoms with Gasteiger partial charge in [-0.2, -0.15) is 0 Å². The normalized spacial score (nSPS) is 20.5. The molecule has 1 aliphatic heterocycles. The highest BCUT2D eigenvalue weighted by Crippen LogP contribution is 2.33. The number of carbonyl (C=O) groups excluding carboxylic acids is 2. The number of furan rings is 1. The molecule has 7 heteroatoms. The Morgan fingerprint density at radius 1 is 1.40 bits per heavy atom. The molecule has 6 nitrogen and oxygen atoms in total. The van der Waals surface area contributed by atoms with E-state index in [1.807, 2.05) is 31.2 Å². The van der Waals surface area contributed by atoms with Crippen molar-refractivity contribution in [3.05, 3.63) is 58.0 Å². The summed E-state index contributed by atoms with van der Waals surface area (Å²) >= 11 is 3.19. The summed E-state index contributed by atoms with van der Waals surface area (Å²) in [5.41, 5.74) is 6.81. The number of hydrogen-bond acceptors (Lipinski definition) is 5.